The van der Waals surface area contributed by atoms with E-state index in [1.165, 1.54) is 22.8 Å². The summed E-state index contributed by atoms with van der Waals surface area (Å²) < 4.78 is 21.1. The van der Waals surface area contributed by atoms with E-state index >= 15 is 0 Å². The molecule has 49 heavy (non-hydrogen) atoms. The minimum Gasteiger partial charge on any atom is -0.494 e. The minimum atomic E-state index is -0.538. The van der Waals surface area contributed by atoms with Gasteiger partial charge in [0.15, 0.2) is 5.65 Å². The molecule has 1 aliphatic rings. The third-order valence-electron chi connectivity index (χ3n) is 8.74. The Bertz CT molecular complexity index is 2090. The molecule has 0 bridgehead atoms. The molecule has 0 saturated carbocycles. The summed E-state index contributed by atoms with van der Waals surface area (Å²) in [5, 5.41) is 6.58. The van der Waals surface area contributed by atoms with Crippen molar-refractivity contribution in [3.63, 3.8) is 0 Å². The fourth-order valence-corrected chi connectivity index (χ4v) is 6.31. The number of methoxy groups -OCH3 is 1. The number of nitrogens with zero attached hydrogens (tertiary/aromatic N) is 5. The molecule has 5 aromatic rings. The van der Waals surface area contributed by atoms with Gasteiger partial charge in [-0.05, 0) is 87.1 Å². The van der Waals surface area contributed by atoms with Gasteiger partial charge in [-0.15, -0.1) is 0 Å². The summed E-state index contributed by atoms with van der Waals surface area (Å²) in [6.45, 7) is 5.43. The van der Waals surface area contributed by atoms with E-state index in [0.717, 1.165) is 31.6 Å². The molecule has 1 saturated heterocycles. The molecule has 0 atom stereocenters. The lowest BCUT2D eigenvalue weighted by Gasteiger charge is -2.36. The zero-order valence-electron chi connectivity index (χ0n) is 27.5. The summed E-state index contributed by atoms with van der Waals surface area (Å²) in [7, 11) is 5.87. The highest BCUT2D eigenvalue weighted by atomic mass is 35.5. The summed E-state index contributed by atoms with van der Waals surface area (Å²) >= 11 is 6.04. The second kappa shape index (κ2) is 14.5. The molecule has 3 aromatic carbocycles. The Morgan fingerprint density at radius 1 is 1.10 bits per heavy atom. The highest BCUT2D eigenvalue weighted by molar-refractivity contribution is 6.30. The third-order valence-corrected chi connectivity index (χ3v) is 9.03. The summed E-state index contributed by atoms with van der Waals surface area (Å²) in [4.78, 5) is 40.3. The number of halogens is 2. The molecule has 0 radical (unpaired) electrons. The molecule has 10 nitrogen and oxygen atoms in total. The maximum absolute atomic E-state index is 14.2. The number of amides is 1. The van der Waals surface area contributed by atoms with E-state index in [-0.39, 0.29) is 28.9 Å². The summed E-state index contributed by atoms with van der Waals surface area (Å²) in [5.41, 5.74) is 3.78. The molecular weight excluding hydrogens is 645 g/mol. The maximum Gasteiger partial charge on any atom is 0.260 e. The lowest BCUT2D eigenvalue weighted by Crippen LogP contribution is -2.41. The second-order valence-electron chi connectivity index (χ2n) is 12.1. The zero-order chi connectivity index (χ0) is 34.7. The number of benzene rings is 3. The smallest absolute Gasteiger partial charge is 0.260 e. The van der Waals surface area contributed by atoms with E-state index in [4.69, 9.17) is 21.3 Å². The number of piperidine rings is 1. The van der Waals surface area contributed by atoms with Crippen molar-refractivity contribution >= 4 is 51.6 Å². The van der Waals surface area contributed by atoms with E-state index in [0.29, 0.717) is 51.0 Å². The predicted molar refractivity (Wildman–Crippen MR) is 193 cm³/mol. The van der Waals surface area contributed by atoms with Gasteiger partial charge in [-0.1, -0.05) is 30.3 Å². The van der Waals surface area contributed by atoms with Crippen LogP contribution in [0.5, 0.6) is 5.75 Å². The number of rotatable bonds is 10. The first-order valence-electron chi connectivity index (χ1n) is 15.9. The molecule has 0 spiro atoms. The Balaban J connectivity index is 1.38. The van der Waals surface area contributed by atoms with Gasteiger partial charge in [-0.3, -0.25) is 14.2 Å². The maximum atomic E-state index is 14.2. The van der Waals surface area contributed by atoms with Gasteiger partial charge in [0.2, 0.25) is 11.9 Å². The first kappa shape index (κ1) is 33.6. The van der Waals surface area contributed by atoms with E-state index in [1.54, 1.807) is 49.7 Å². The Morgan fingerprint density at radius 2 is 1.90 bits per heavy atom. The van der Waals surface area contributed by atoms with Crippen molar-refractivity contribution in [1.82, 2.24) is 19.4 Å². The van der Waals surface area contributed by atoms with Gasteiger partial charge in [0.1, 0.15) is 11.6 Å². The van der Waals surface area contributed by atoms with Crippen LogP contribution in [0, 0.1) is 5.82 Å². The molecular formula is C37H37ClFN7O3. The van der Waals surface area contributed by atoms with E-state index in [9.17, 15) is 14.0 Å². The molecule has 252 valence electrons. The topological polar surface area (TPSA) is 105 Å². The van der Waals surface area contributed by atoms with Crippen LogP contribution in [0.1, 0.15) is 24.0 Å². The lowest BCUT2D eigenvalue weighted by molar-refractivity contribution is -0.111. The Kier molecular flexibility index (Phi) is 9.93. The third kappa shape index (κ3) is 7.43. The van der Waals surface area contributed by atoms with E-state index in [1.807, 2.05) is 12.1 Å². The SMILES string of the molecule is C=CC(=O)Nc1cccc(-n2c(=O)c(Cc3ccc(F)c(Cl)c3)cc3cnc(Nc4ccc(N5CCC(N(C)C)CC5)cc4OC)nc32)c1. The largest absolute Gasteiger partial charge is 0.494 e. The Morgan fingerprint density at radius 3 is 2.61 bits per heavy atom. The summed E-state index contributed by atoms with van der Waals surface area (Å²) in [5.74, 6) is -0.0350. The first-order valence-corrected chi connectivity index (χ1v) is 16.3. The van der Waals surface area contributed by atoms with Crippen molar-refractivity contribution in [3.8, 4) is 11.4 Å². The monoisotopic (exact) mass is 681 g/mol. The van der Waals surface area contributed by atoms with E-state index < -0.39 is 5.82 Å². The van der Waals surface area contributed by atoms with Crippen molar-refractivity contribution < 1.29 is 13.9 Å². The van der Waals surface area contributed by atoms with Crippen molar-refractivity contribution in [2.45, 2.75) is 25.3 Å². The molecule has 1 aliphatic heterocycles. The van der Waals surface area contributed by atoms with E-state index in [2.05, 4.69) is 52.2 Å². The zero-order valence-corrected chi connectivity index (χ0v) is 28.3. The number of ether oxygens (including phenoxy) is 1. The number of fused-ring (bicyclic) bond motifs is 1. The van der Waals surface area contributed by atoms with Gasteiger partial charge in [-0.2, -0.15) is 4.98 Å². The highest BCUT2D eigenvalue weighted by Gasteiger charge is 2.22. The van der Waals surface area contributed by atoms with Crippen LogP contribution >= 0.6 is 11.6 Å². The lowest BCUT2D eigenvalue weighted by atomic mass is 10.0. The standard InChI is InChI=1S/C37H37ClFN7O3/c1-5-34(47)41-26-7-6-8-29(20-26)46-35-25(19-24(36(46)48)17-23-9-11-31(39)30(38)18-23)22-40-37(43-35)42-32-12-10-28(21-33(32)49-4)45-15-13-27(14-16-45)44(2)3/h5-12,18-22,27H,1,13-17H2,2-4H3,(H,41,47)(H,40,42,43). The molecule has 0 unspecified atom stereocenters. The quantitative estimate of drug-likeness (QED) is 0.160. The Hall–Kier alpha value is -5.26. The highest BCUT2D eigenvalue weighted by Crippen LogP contribution is 2.33. The van der Waals surface area contributed by atoms with Crippen molar-refractivity contribution in [2.24, 2.45) is 0 Å². The number of aromatic nitrogens is 3. The number of hydrogen-bond acceptors (Lipinski definition) is 8. The molecule has 2 N–H and O–H groups in total. The van der Waals surface area contributed by atoms with Gasteiger partial charge in [-0.25, -0.2) is 9.37 Å². The molecule has 2 aromatic heterocycles. The fourth-order valence-electron chi connectivity index (χ4n) is 6.11. The number of nitrogens with one attached hydrogen (secondary N) is 2. The van der Waals surface area contributed by atoms with Crippen LogP contribution in [-0.2, 0) is 11.2 Å². The van der Waals surface area contributed by atoms with Crippen LogP contribution in [0.15, 0.2) is 90.4 Å². The molecule has 12 heteroatoms. The number of carbonyl (C=O) groups is 1. The summed E-state index contributed by atoms with van der Waals surface area (Å²) in [6, 6.07) is 19.5. The molecule has 0 aliphatic carbocycles. The van der Waals surface area contributed by atoms with Gasteiger partial charge in [0, 0.05) is 60.1 Å². The van der Waals surface area contributed by atoms with Crippen molar-refractivity contribution in [1.29, 1.82) is 0 Å². The number of carbonyl (C=O) groups excluding carboxylic acids is 1. The van der Waals surface area contributed by atoms with Crippen molar-refractivity contribution in [2.75, 3.05) is 49.8 Å². The number of anilines is 4. The molecule has 3 heterocycles. The number of pyridine rings is 1. The molecule has 6 rings (SSSR count). The average molecular weight is 682 g/mol. The minimum absolute atomic E-state index is 0.0271. The fraction of sp³-hybridized carbons (Fsp3) is 0.243. The van der Waals surface area contributed by atoms with Gasteiger partial charge < -0.3 is 25.2 Å². The average Bonchev–Trinajstić information content (AvgIpc) is 3.10. The predicted octanol–water partition coefficient (Wildman–Crippen LogP) is 6.57. The summed E-state index contributed by atoms with van der Waals surface area (Å²) in [6.07, 6.45) is 5.18. The van der Waals surface area contributed by atoms with Crippen LogP contribution < -0.4 is 25.8 Å². The van der Waals surface area contributed by atoms with Crippen molar-refractivity contribution in [3.05, 3.63) is 118 Å². The first-order chi connectivity index (χ1) is 23.6. The van der Waals surface area contributed by atoms with Crippen LogP contribution in [-0.4, -0.2) is 65.7 Å². The molecule has 1 amide bonds. The van der Waals surface area contributed by atoms with Crippen LogP contribution in [0.4, 0.5) is 27.4 Å². The van der Waals surface area contributed by atoms with Gasteiger partial charge in [0.05, 0.1) is 23.5 Å². The second-order valence-corrected chi connectivity index (χ2v) is 12.6. The number of hydrogen-bond donors (Lipinski definition) is 2. The van der Waals surface area contributed by atoms with Gasteiger partial charge >= 0.3 is 0 Å². The van der Waals surface area contributed by atoms with Crippen LogP contribution in [0.3, 0.4) is 0 Å². The Labute approximate surface area is 288 Å². The van der Waals surface area contributed by atoms with Crippen LogP contribution in [0.25, 0.3) is 16.7 Å². The van der Waals surface area contributed by atoms with Gasteiger partial charge in [0.25, 0.3) is 5.56 Å². The molecule has 1 fully saturated rings. The van der Waals surface area contributed by atoms with Crippen LogP contribution in [0.2, 0.25) is 5.02 Å². The normalized spacial score (nSPS) is 13.5.